The molecule has 1 aromatic carbocycles. The molecule has 2 aromatic heterocycles. The van der Waals surface area contributed by atoms with E-state index in [2.05, 4.69) is 20.3 Å². The highest BCUT2D eigenvalue weighted by atomic mass is 16.5. The van der Waals surface area contributed by atoms with Crippen LogP contribution < -0.4 is 10.1 Å². The predicted molar refractivity (Wildman–Crippen MR) is 84.6 cm³/mol. The molecule has 0 aliphatic rings. The number of ether oxygens (including phenoxy) is 1. The third-order valence-electron chi connectivity index (χ3n) is 3.54. The lowest BCUT2D eigenvalue weighted by atomic mass is 10.1. The zero-order chi connectivity index (χ0) is 16.2. The van der Waals surface area contributed by atoms with Gasteiger partial charge < -0.3 is 20.1 Å². The number of H-pyrrole nitrogens is 1. The van der Waals surface area contributed by atoms with Crippen LogP contribution in [0.25, 0.3) is 11.0 Å². The maximum Gasteiger partial charge on any atom is 0.321 e. The number of carboxylic acid groups (broad SMARTS) is 1. The number of aliphatic carboxylic acids is 1. The fraction of sp³-hybridized carbons (Fsp3) is 0.188. The Bertz CT molecular complexity index is 814. The lowest BCUT2D eigenvalue weighted by molar-refractivity contribution is -0.139. The third kappa shape index (κ3) is 3.29. The van der Waals surface area contributed by atoms with Gasteiger partial charge in [-0.25, -0.2) is 9.97 Å². The zero-order valence-electron chi connectivity index (χ0n) is 12.5. The molecule has 0 saturated heterocycles. The number of rotatable bonds is 6. The molecule has 3 rings (SSSR count). The van der Waals surface area contributed by atoms with Crippen molar-refractivity contribution in [2.45, 2.75) is 12.5 Å². The second-order valence-corrected chi connectivity index (χ2v) is 5.05. The lowest BCUT2D eigenvalue weighted by Gasteiger charge is -2.11. The van der Waals surface area contributed by atoms with Crippen molar-refractivity contribution >= 4 is 17.0 Å². The van der Waals surface area contributed by atoms with Gasteiger partial charge in [0.25, 0.3) is 0 Å². The Labute approximate surface area is 132 Å². The Morgan fingerprint density at radius 1 is 1.30 bits per heavy atom. The van der Waals surface area contributed by atoms with E-state index in [1.165, 1.54) is 6.33 Å². The van der Waals surface area contributed by atoms with Gasteiger partial charge in [0.05, 0.1) is 5.39 Å². The normalized spacial score (nSPS) is 12.2. The predicted octanol–water partition coefficient (Wildman–Crippen LogP) is 1.97. The van der Waals surface area contributed by atoms with E-state index in [0.717, 1.165) is 10.9 Å². The number of nitrogens with zero attached hydrogens (tertiary/aromatic N) is 2. The summed E-state index contributed by atoms with van der Waals surface area (Å²) in [5.41, 5.74) is 1.62. The van der Waals surface area contributed by atoms with E-state index >= 15 is 0 Å². The van der Waals surface area contributed by atoms with Crippen LogP contribution >= 0.6 is 0 Å². The molecule has 0 radical (unpaired) electrons. The van der Waals surface area contributed by atoms with Crippen LogP contribution in [-0.2, 0) is 11.2 Å². The van der Waals surface area contributed by atoms with Crippen molar-refractivity contribution in [1.29, 1.82) is 0 Å². The first kappa shape index (κ1) is 15.0. The topological polar surface area (TPSA) is 100 Å². The SMILES string of the molecule is CNC(Cc1ccc(Oc2ncnc3[nH]ccc23)cc1)C(=O)O. The molecule has 0 fully saturated rings. The number of hydrogen-bond donors (Lipinski definition) is 3. The van der Waals surface area contributed by atoms with Crippen LogP contribution in [-0.4, -0.2) is 39.1 Å². The Hall–Kier alpha value is -2.93. The van der Waals surface area contributed by atoms with Gasteiger partial charge in [-0.3, -0.25) is 4.79 Å². The van der Waals surface area contributed by atoms with Crippen LogP contribution in [0.2, 0.25) is 0 Å². The number of benzene rings is 1. The number of hydrogen-bond acceptors (Lipinski definition) is 5. The molecule has 1 atom stereocenters. The summed E-state index contributed by atoms with van der Waals surface area (Å²) in [6.07, 6.45) is 3.62. The Kier molecular flexibility index (Phi) is 4.20. The van der Waals surface area contributed by atoms with Crippen LogP contribution in [0.4, 0.5) is 0 Å². The number of aromatic nitrogens is 3. The van der Waals surface area contributed by atoms with Crippen molar-refractivity contribution in [1.82, 2.24) is 20.3 Å². The van der Waals surface area contributed by atoms with Gasteiger partial charge in [-0.2, -0.15) is 0 Å². The highest BCUT2D eigenvalue weighted by molar-refractivity contribution is 5.80. The van der Waals surface area contributed by atoms with Crippen LogP contribution in [0.3, 0.4) is 0 Å². The number of fused-ring (bicyclic) bond motifs is 1. The molecule has 1 unspecified atom stereocenters. The molecule has 3 aromatic rings. The van der Waals surface area contributed by atoms with Crippen LogP contribution in [0.5, 0.6) is 11.6 Å². The first-order valence-electron chi connectivity index (χ1n) is 7.12. The smallest absolute Gasteiger partial charge is 0.321 e. The minimum atomic E-state index is -0.872. The summed E-state index contributed by atoms with van der Waals surface area (Å²) in [6, 6.07) is 8.53. The van der Waals surface area contributed by atoms with E-state index in [9.17, 15) is 4.79 Å². The molecule has 3 N–H and O–H groups in total. The van der Waals surface area contributed by atoms with Crippen molar-refractivity contribution < 1.29 is 14.6 Å². The first-order valence-corrected chi connectivity index (χ1v) is 7.12. The van der Waals surface area contributed by atoms with E-state index in [4.69, 9.17) is 9.84 Å². The third-order valence-corrected chi connectivity index (χ3v) is 3.54. The lowest BCUT2D eigenvalue weighted by Crippen LogP contribution is -2.35. The van der Waals surface area contributed by atoms with Crippen molar-refractivity contribution in [2.75, 3.05) is 7.05 Å². The molecule has 118 valence electrons. The molecule has 0 bridgehead atoms. The van der Waals surface area contributed by atoms with E-state index in [0.29, 0.717) is 23.7 Å². The van der Waals surface area contributed by atoms with Crippen LogP contribution in [0.15, 0.2) is 42.9 Å². The highest BCUT2D eigenvalue weighted by Crippen LogP contribution is 2.26. The second-order valence-electron chi connectivity index (χ2n) is 5.05. The molecule has 7 nitrogen and oxygen atoms in total. The fourth-order valence-corrected chi connectivity index (χ4v) is 2.28. The van der Waals surface area contributed by atoms with E-state index < -0.39 is 12.0 Å². The molecule has 0 aliphatic carbocycles. The Morgan fingerprint density at radius 3 is 2.78 bits per heavy atom. The molecule has 0 saturated carbocycles. The zero-order valence-corrected chi connectivity index (χ0v) is 12.5. The molecule has 0 aliphatic heterocycles. The molecular weight excluding hydrogens is 296 g/mol. The average Bonchev–Trinajstić information content (AvgIpc) is 3.03. The van der Waals surface area contributed by atoms with Gasteiger partial charge in [0.2, 0.25) is 5.88 Å². The molecule has 0 spiro atoms. The number of carboxylic acids is 1. The van der Waals surface area contributed by atoms with E-state index in [1.807, 2.05) is 18.2 Å². The standard InChI is InChI=1S/C16H16N4O3/c1-17-13(16(21)22)8-10-2-4-11(5-3-10)23-15-12-6-7-18-14(12)19-9-20-15/h2-7,9,13,17H,8H2,1H3,(H,21,22)(H,18,19,20). The average molecular weight is 312 g/mol. The summed E-state index contributed by atoms with van der Waals surface area (Å²) in [5.74, 6) is 0.234. The number of carbonyl (C=O) groups is 1. The number of likely N-dealkylation sites (N-methyl/N-ethyl adjacent to an activating group) is 1. The van der Waals surface area contributed by atoms with E-state index in [1.54, 1.807) is 25.4 Å². The van der Waals surface area contributed by atoms with Crippen LogP contribution in [0, 0.1) is 0 Å². The van der Waals surface area contributed by atoms with E-state index in [-0.39, 0.29) is 0 Å². The van der Waals surface area contributed by atoms with Crippen molar-refractivity contribution in [3.63, 3.8) is 0 Å². The van der Waals surface area contributed by atoms with Gasteiger partial charge in [-0.05, 0) is 37.2 Å². The van der Waals surface area contributed by atoms with Gasteiger partial charge >= 0.3 is 5.97 Å². The van der Waals surface area contributed by atoms with Crippen molar-refractivity contribution in [2.24, 2.45) is 0 Å². The first-order chi connectivity index (χ1) is 11.2. The summed E-state index contributed by atoms with van der Waals surface area (Å²) in [7, 11) is 1.63. The maximum absolute atomic E-state index is 11.0. The van der Waals surface area contributed by atoms with Crippen LogP contribution in [0.1, 0.15) is 5.56 Å². The van der Waals surface area contributed by atoms with Crippen molar-refractivity contribution in [3.05, 3.63) is 48.4 Å². The molecule has 23 heavy (non-hydrogen) atoms. The number of nitrogens with one attached hydrogen (secondary N) is 2. The summed E-state index contributed by atoms with van der Waals surface area (Å²) < 4.78 is 5.78. The molecular formula is C16H16N4O3. The second kappa shape index (κ2) is 6.45. The molecule has 7 heteroatoms. The minimum Gasteiger partial charge on any atom is -0.480 e. The summed E-state index contributed by atoms with van der Waals surface area (Å²) in [5, 5.41) is 12.6. The van der Waals surface area contributed by atoms with Gasteiger partial charge in [-0.15, -0.1) is 0 Å². The Balaban J connectivity index is 1.75. The van der Waals surface area contributed by atoms with Gasteiger partial charge in [-0.1, -0.05) is 12.1 Å². The van der Waals surface area contributed by atoms with Gasteiger partial charge in [0.1, 0.15) is 23.8 Å². The highest BCUT2D eigenvalue weighted by Gasteiger charge is 2.15. The van der Waals surface area contributed by atoms with Crippen molar-refractivity contribution in [3.8, 4) is 11.6 Å². The molecule has 2 heterocycles. The maximum atomic E-state index is 11.0. The number of aromatic amines is 1. The summed E-state index contributed by atoms with van der Waals surface area (Å²) in [4.78, 5) is 22.3. The van der Waals surface area contributed by atoms with Gasteiger partial charge in [0, 0.05) is 6.20 Å². The minimum absolute atomic E-state index is 0.404. The summed E-state index contributed by atoms with van der Waals surface area (Å²) in [6.45, 7) is 0. The largest absolute Gasteiger partial charge is 0.480 e. The summed E-state index contributed by atoms with van der Waals surface area (Å²) >= 11 is 0. The fourth-order valence-electron chi connectivity index (χ4n) is 2.28. The quantitative estimate of drug-likeness (QED) is 0.643. The van der Waals surface area contributed by atoms with Gasteiger partial charge in [0.15, 0.2) is 0 Å². The molecule has 0 amide bonds. The monoisotopic (exact) mass is 312 g/mol. The Morgan fingerprint density at radius 2 is 2.09 bits per heavy atom.